The zero-order valence-corrected chi connectivity index (χ0v) is 7.87. The summed E-state index contributed by atoms with van der Waals surface area (Å²) in [4.78, 5) is 8.94. The van der Waals surface area contributed by atoms with Gasteiger partial charge in [0.05, 0.1) is 0 Å². The predicted molar refractivity (Wildman–Crippen MR) is 54.1 cm³/mol. The van der Waals surface area contributed by atoms with Crippen LogP contribution in [0.15, 0.2) is 24.3 Å². The summed E-state index contributed by atoms with van der Waals surface area (Å²) in [6.45, 7) is 2.09. The smallest absolute Gasteiger partial charge is 0.221 e. The molecule has 0 saturated carbocycles. The van der Waals surface area contributed by atoms with Crippen molar-refractivity contribution in [1.29, 1.82) is 0 Å². The molecule has 1 amide bonds. The molecule has 0 atom stereocenters. The summed E-state index contributed by atoms with van der Waals surface area (Å²) in [6, 6.07) is 8.22. The van der Waals surface area contributed by atoms with Gasteiger partial charge >= 0.3 is 0 Å². The maximum absolute atomic E-state index is 8.94. The number of nitrogens with two attached hydrogens (primary N) is 1. The largest absolute Gasteiger partial charge is 0.388 e. The van der Waals surface area contributed by atoms with E-state index in [-0.39, 0.29) is 0 Å². The molecule has 1 aromatic rings. The first-order chi connectivity index (χ1) is 6.26. The highest BCUT2D eigenvalue weighted by atomic mass is 16.1. The molecule has 4 N–H and O–H groups in total. The molecule has 1 rings (SSSR count). The van der Waals surface area contributed by atoms with Crippen molar-refractivity contribution in [2.24, 2.45) is 5.84 Å². The van der Waals surface area contributed by atoms with E-state index in [1.165, 1.54) is 11.3 Å². The van der Waals surface area contributed by atoms with Crippen LogP contribution in [0.2, 0.25) is 0 Å². The number of carbonyl (C=O) groups is 1. The van der Waals surface area contributed by atoms with Crippen molar-refractivity contribution >= 4 is 12.1 Å². The second kappa shape index (κ2) is 7.12. The minimum atomic E-state index is 0.403. The van der Waals surface area contributed by atoms with Crippen LogP contribution in [-0.2, 0) is 4.79 Å². The first-order valence-corrected chi connectivity index (χ1v) is 3.89. The maximum atomic E-state index is 8.94. The molecule has 0 aromatic heterocycles. The van der Waals surface area contributed by atoms with Gasteiger partial charge in [0.1, 0.15) is 0 Å². The van der Waals surface area contributed by atoms with E-state index in [0.717, 1.165) is 0 Å². The number of hydrogen-bond acceptors (Lipinski definition) is 3. The lowest BCUT2D eigenvalue weighted by Gasteiger charge is -2.01. The lowest BCUT2D eigenvalue weighted by atomic mass is 10.2. The fourth-order valence-electron chi connectivity index (χ4n) is 0.853. The van der Waals surface area contributed by atoms with Crippen LogP contribution in [0.25, 0.3) is 0 Å². The number of aryl methyl sites for hydroxylation is 1. The van der Waals surface area contributed by atoms with Crippen molar-refractivity contribution in [1.82, 2.24) is 5.43 Å². The number of nitrogens with one attached hydrogen (secondary N) is 2. The van der Waals surface area contributed by atoms with E-state index >= 15 is 0 Å². The number of hydrazine groups is 1. The highest BCUT2D eigenvalue weighted by Gasteiger charge is 1.88. The van der Waals surface area contributed by atoms with E-state index in [2.05, 4.69) is 30.2 Å². The number of anilines is 1. The molecule has 72 valence electrons. The summed E-state index contributed by atoms with van der Waals surface area (Å²) >= 11 is 0. The van der Waals surface area contributed by atoms with Gasteiger partial charge in [-0.15, -0.1) is 0 Å². The molecule has 4 nitrogen and oxygen atoms in total. The summed E-state index contributed by atoms with van der Waals surface area (Å²) in [5, 5.41) is 3.10. The van der Waals surface area contributed by atoms with E-state index in [1.54, 1.807) is 5.43 Å². The van der Waals surface area contributed by atoms with Crippen LogP contribution in [0.4, 0.5) is 5.69 Å². The minimum Gasteiger partial charge on any atom is -0.388 e. The Morgan fingerprint density at radius 2 is 1.92 bits per heavy atom. The number of para-hydroxylation sites is 1. The lowest BCUT2D eigenvalue weighted by molar-refractivity contribution is -0.109. The van der Waals surface area contributed by atoms with Gasteiger partial charge in [0.2, 0.25) is 6.41 Å². The Bertz CT molecular complexity index is 250. The number of amides is 1. The molecule has 1 aromatic carbocycles. The van der Waals surface area contributed by atoms with Crippen molar-refractivity contribution in [3.8, 4) is 0 Å². The van der Waals surface area contributed by atoms with Crippen LogP contribution < -0.4 is 16.6 Å². The van der Waals surface area contributed by atoms with Gasteiger partial charge in [-0.1, -0.05) is 18.2 Å². The third-order valence-corrected chi connectivity index (χ3v) is 1.48. The topological polar surface area (TPSA) is 67.2 Å². The van der Waals surface area contributed by atoms with E-state index in [4.69, 9.17) is 4.79 Å². The van der Waals surface area contributed by atoms with Gasteiger partial charge in [-0.2, -0.15) is 0 Å². The Balaban J connectivity index is 0.000000310. The second-order valence-electron chi connectivity index (χ2n) is 2.35. The normalized spacial score (nSPS) is 7.92. The lowest BCUT2D eigenvalue weighted by Crippen LogP contribution is -2.18. The van der Waals surface area contributed by atoms with Gasteiger partial charge in [-0.3, -0.25) is 10.2 Å². The van der Waals surface area contributed by atoms with Gasteiger partial charge in [-0.05, 0) is 18.6 Å². The van der Waals surface area contributed by atoms with Crippen LogP contribution in [0.3, 0.4) is 0 Å². The quantitative estimate of drug-likeness (QED) is 0.271. The zero-order valence-electron chi connectivity index (χ0n) is 7.87. The van der Waals surface area contributed by atoms with Crippen molar-refractivity contribution in [3.05, 3.63) is 29.8 Å². The van der Waals surface area contributed by atoms with E-state index < -0.39 is 0 Å². The van der Waals surface area contributed by atoms with Crippen molar-refractivity contribution < 1.29 is 4.79 Å². The standard InChI is InChI=1S/C8H11N.CH4N2O/c1-7-5-3-4-6-8(7)9-2;2-3-1-4/h3-6,9H,1-2H3;1H,2H2,(H,3,4). The Labute approximate surface area is 78.1 Å². The first kappa shape index (κ1) is 11.4. The number of benzene rings is 1. The molecule has 0 aliphatic carbocycles. The molecule has 0 unspecified atom stereocenters. The average Bonchev–Trinajstić information content (AvgIpc) is 2.19. The molecule has 0 saturated heterocycles. The van der Waals surface area contributed by atoms with Crippen molar-refractivity contribution in [3.63, 3.8) is 0 Å². The van der Waals surface area contributed by atoms with Gasteiger partial charge < -0.3 is 5.32 Å². The third kappa shape index (κ3) is 4.81. The molecular formula is C9H15N3O. The molecule has 0 aliphatic heterocycles. The Kier molecular flexibility index (Phi) is 6.27. The SMILES string of the molecule is CNc1ccccc1C.NNC=O. The van der Waals surface area contributed by atoms with Crippen LogP contribution in [0, 0.1) is 6.92 Å². The number of carbonyl (C=O) groups excluding carboxylic acids is 1. The monoisotopic (exact) mass is 181 g/mol. The van der Waals surface area contributed by atoms with E-state index in [1.807, 2.05) is 19.2 Å². The highest BCUT2D eigenvalue weighted by Crippen LogP contribution is 2.10. The van der Waals surface area contributed by atoms with Crippen LogP contribution in [-0.4, -0.2) is 13.5 Å². The average molecular weight is 181 g/mol. The molecule has 4 heteroatoms. The molecule has 0 spiro atoms. The van der Waals surface area contributed by atoms with Gasteiger partial charge in [-0.25, -0.2) is 5.84 Å². The summed E-state index contributed by atoms with van der Waals surface area (Å²) in [7, 11) is 1.93. The predicted octanol–water partition coefficient (Wildman–Crippen LogP) is 0.643. The van der Waals surface area contributed by atoms with E-state index in [9.17, 15) is 0 Å². The van der Waals surface area contributed by atoms with Gasteiger partial charge in [0.25, 0.3) is 0 Å². The first-order valence-electron chi connectivity index (χ1n) is 3.89. The fourth-order valence-corrected chi connectivity index (χ4v) is 0.853. The van der Waals surface area contributed by atoms with E-state index in [0.29, 0.717) is 6.41 Å². The van der Waals surface area contributed by atoms with Crippen LogP contribution in [0.5, 0.6) is 0 Å². The number of rotatable bonds is 2. The number of hydrogen-bond donors (Lipinski definition) is 3. The Morgan fingerprint density at radius 1 is 1.38 bits per heavy atom. The van der Waals surface area contributed by atoms with Crippen molar-refractivity contribution in [2.45, 2.75) is 6.92 Å². The molecular weight excluding hydrogens is 166 g/mol. The maximum Gasteiger partial charge on any atom is 0.221 e. The Hall–Kier alpha value is -1.55. The zero-order chi connectivity index (χ0) is 10.1. The molecule has 0 aliphatic rings. The molecule has 0 bridgehead atoms. The van der Waals surface area contributed by atoms with Gasteiger partial charge in [0, 0.05) is 12.7 Å². The molecule has 13 heavy (non-hydrogen) atoms. The van der Waals surface area contributed by atoms with Crippen LogP contribution in [0.1, 0.15) is 5.56 Å². The molecule has 0 radical (unpaired) electrons. The van der Waals surface area contributed by atoms with Gasteiger partial charge in [0.15, 0.2) is 0 Å². The summed E-state index contributed by atoms with van der Waals surface area (Å²) in [5.41, 5.74) is 4.25. The molecule has 0 fully saturated rings. The summed E-state index contributed by atoms with van der Waals surface area (Å²) < 4.78 is 0. The fraction of sp³-hybridized carbons (Fsp3) is 0.222. The second-order valence-corrected chi connectivity index (χ2v) is 2.35. The summed E-state index contributed by atoms with van der Waals surface area (Å²) in [5.74, 6) is 4.41. The Morgan fingerprint density at radius 3 is 2.23 bits per heavy atom. The van der Waals surface area contributed by atoms with Crippen LogP contribution >= 0.6 is 0 Å². The summed E-state index contributed by atoms with van der Waals surface area (Å²) in [6.07, 6.45) is 0.403. The minimum absolute atomic E-state index is 0.403. The molecule has 0 heterocycles. The van der Waals surface area contributed by atoms with Crippen molar-refractivity contribution in [2.75, 3.05) is 12.4 Å². The third-order valence-electron chi connectivity index (χ3n) is 1.48. The highest BCUT2D eigenvalue weighted by molar-refractivity contribution is 5.49.